The zero-order valence-electron chi connectivity index (χ0n) is 17.3. The van der Waals surface area contributed by atoms with E-state index in [1.807, 2.05) is 0 Å². The SMILES string of the molecule is c1ccc(-c2ccc(S(c3ccccc3)(c3ccccc3)c3ccccc3)cc2)cc1. The number of rotatable bonds is 5. The normalized spacial score (nSPS) is 11.7. The molecule has 5 rings (SSSR count). The summed E-state index contributed by atoms with van der Waals surface area (Å²) in [7, 11) is -1.61. The molecule has 0 aliphatic carbocycles. The Morgan fingerprint density at radius 3 is 0.935 bits per heavy atom. The molecular formula is C30H24S. The van der Waals surface area contributed by atoms with Crippen LogP contribution in [0.5, 0.6) is 0 Å². The summed E-state index contributed by atoms with van der Waals surface area (Å²) in [5, 5.41) is 0. The molecule has 0 radical (unpaired) electrons. The Labute approximate surface area is 186 Å². The Bertz CT molecular complexity index is 1130. The van der Waals surface area contributed by atoms with Gasteiger partial charge in [0.15, 0.2) is 0 Å². The van der Waals surface area contributed by atoms with Gasteiger partial charge in [-0.15, -0.1) is 10.0 Å². The molecular weight excluding hydrogens is 392 g/mol. The van der Waals surface area contributed by atoms with Crippen LogP contribution in [0.4, 0.5) is 0 Å². The van der Waals surface area contributed by atoms with Crippen LogP contribution in [-0.2, 0) is 0 Å². The molecule has 5 aromatic carbocycles. The second-order valence-electron chi connectivity index (χ2n) is 7.44. The first-order chi connectivity index (χ1) is 15.4. The highest BCUT2D eigenvalue weighted by atomic mass is 32.3. The molecule has 31 heavy (non-hydrogen) atoms. The molecule has 0 spiro atoms. The van der Waals surface area contributed by atoms with Crippen molar-refractivity contribution in [2.45, 2.75) is 19.6 Å². The van der Waals surface area contributed by atoms with E-state index >= 15 is 0 Å². The molecule has 0 aliphatic rings. The number of benzene rings is 5. The Balaban J connectivity index is 1.78. The summed E-state index contributed by atoms with van der Waals surface area (Å²) in [5.74, 6) is 0. The van der Waals surface area contributed by atoms with E-state index in [2.05, 4.69) is 146 Å². The second-order valence-corrected chi connectivity index (χ2v) is 10.6. The maximum absolute atomic E-state index is 2.32. The van der Waals surface area contributed by atoms with Crippen molar-refractivity contribution in [3.63, 3.8) is 0 Å². The van der Waals surface area contributed by atoms with Crippen LogP contribution in [0.25, 0.3) is 11.1 Å². The highest BCUT2D eigenvalue weighted by molar-refractivity contribution is 8.34. The molecule has 0 aliphatic heterocycles. The summed E-state index contributed by atoms with van der Waals surface area (Å²) >= 11 is 0. The molecule has 1 heteroatoms. The molecule has 0 bridgehead atoms. The Morgan fingerprint density at radius 1 is 0.258 bits per heavy atom. The maximum atomic E-state index is 2.32. The van der Waals surface area contributed by atoms with Crippen LogP contribution in [-0.4, -0.2) is 0 Å². The van der Waals surface area contributed by atoms with Gasteiger partial charge in [-0.25, -0.2) is 0 Å². The highest BCUT2D eigenvalue weighted by Crippen LogP contribution is 2.73. The lowest BCUT2D eigenvalue weighted by atomic mass is 10.1. The van der Waals surface area contributed by atoms with Gasteiger partial charge < -0.3 is 0 Å². The summed E-state index contributed by atoms with van der Waals surface area (Å²) < 4.78 is 0. The van der Waals surface area contributed by atoms with Gasteiger partial charge in [-0.05, 0) is 59.7 Å². The average molecular weight is 417 g/mol. The van der Waals surface area contributed by atoms with Gasteiger partial charge in [0.2, 0.25) is 0 Å². The van der Waals surface area contributed by atoms with Crippen LogP contribution in [0, 0.1) is 0 Å². The zero-order valence-corrected chi connectivity index (χ0v) is 18.1. The van der Waals surface area contributed by atoms with Gasteiger partial charge in [0.05, 0.1) is 0 Å². The fourth-order valence-corrected chi connectivity index (χ4v) is 8.05. The predicted molar refractivity (Wildman–Crippen MR) is 132 cm³/mol. The van der Waals surface area contributed by atoms with Crippen molar-refractivity contribution in [2.24, 2.45) is 0 Å². The zero-order chi connectivity index (χ0) is 20.9. The van der Waals surface area contributed by atoms with E-state index in [1.54, 1.807) is 0 Å². The summed E-state index contributed by atoms with van der Waals surface area (Å²) in [6.45, 7) is 0. The van der Waals surface area contributed by atoms with Gasteiger partial charge in [0, 0.05) is 19.6 Å². The van der Waals surface area contributed by atoms with Crippen molar-refractivity contribution < 1.29 is 0 Å². The number of hydrogen-bond acceptors (Lipinski definition) is 0. The second kappa shape index (κ2) is 8.67. The highest BCUT2D eigenvalue weighted by Gasteiger charge is 2.32. The molecule has 0 amide bonds. The lowest BCUT2D eigenvalue weighted by Crippen LogP contribution is -2.05. The van der Waals surface area contributed by atoms with E-state index in [1.165, 1.54) is 30.7 Å². The van der Waals surface area contributed by atoms with Crippen molar-refractivity contribution in [2.75, 3.05) is 0 Å². The third-order valence-electron chi connectivity index (χ3n) is 5.61. The monoisotopic (exact) mass is 416 g/mol. The van der Waals surface area contributed by atoms with E-state index in [0.717, 1.165) is 0 Å². The fourth-order valence-electron chi connectivity index (χ4n) is 4.17. The first kappa shape index (κ1) is 19.4. The van der Waals surface area contributed by atoms with Gasteiger partial charge in [-0.1, -0.05) is 97.1 Å². The average Bonchev–Trinajstić information content (AvgIpc) is 2.88. The van der Waals surface area contributed by atoms with Gasteiger partial charge in [-0.2, -0.15) is 0 Å². The molecule has 0 aromatic heterocycles. The molecule has 0 atom stereocenters. The molecule has 0 nitrogen and oxygen atoms in total. The Kier molecular flexibility index (Phi) is 5.43. The summed E-state index contributed by atoms with van der Waals surface area (Å²) in [6.07, 6.45) is 0. The lowest BCUT2D eigenvalue weighted by molar-refractivity contribution is 1.24. The van der Waals surface area contributed by atoms with Crippen LogP contribution in [0.2, 0.25) is 0 Å². The first-order valence-corrected chi connectivity index (χ1v) is 12.2. The molecule has 0 heterocycles. The maximum Gasteiger partial charge on any atom is 0.00233 e. The molecule has 0 fully saturated rings. The van der Waals surface area contributed by atoms with Crippen molar-refractivity contribution in [3.05, 3.63) is 146 Å². The van der Waals surface area contributed by atoms with Gasteiger partial charge >= 0.3 is 0 Å². The van der Waals surface area contributed by atoms with E-state index in [-0.39, 0.29) is 0 Å². The van der Waals surface area contributed by atoms with Crippen molar-refractivity contribution in [1.82, 2.24) is 0 Å². The minimum atomic E-state index is -1.61. The van der Waals surface area contributed by atoms with Crippen molar-refractivity contribution >= 4 is 10.0 Å². The summed E-state index contributed by atoms with van der Waals surface area (Å²) in [6, 6.07) is 52.7. The number of hydrogen-bond donors (Lipinski definition) is 0. The minimum absolute atomic E-state index is 1.24. The lowest BCUT2D eigenvalue weighted by Gasteiger charge is -2.42. The summed E-state index contributed by atoms with van der Waals surface area (Å²) in [5.41, 5.74) is 2.49. The van der Waals surface area contributed by atoms with Gasteiger partial charge in [0.1, 0.15) is 0 Å². The van der Waals surface area contributed by atoms with Gasteiger partial charge in [-0.3, -0.25) is 0 Å². The molecule has 150 valence electrons. The smallest absolute Gasteiger partial charge is 0.00233 e. The van der Waals surface area contributed by atoms with Crippen LogP contribution in [0.15, 0.2) is 165 Å². The largest absolute Gasteiger partial charge is 0.133 e. The van der Waals surface area contributed by atoms with Gasteiger partial charge in [0.25, 0.3) is 0 Å². The van der Waals surface area contributed by atoms with E-state index < -0.39 is 10.0 Å². The molecule has 5 aromatic rings. The van der Waals surface area contributed by atoms with Crippen LogP contribution >= 0.6 is 10.0 Å². The molecule has 0 saturated heterocycles. The quantitative estimate of drug-likeness (QED) is 0.269. The van der Waals surface area contributed by atoms with Crippen LogP contribution in [0.3, 0.4) is 0 Å². The first-order valence-electron chi connectivity index (χ1n) is 10.5. The van der Waals surface area contributed by atoms with E-state index in [9.17, 15) is 0 Å². The minimum Gasteiger partial charge on any atom is -0.133 e. The van der Waals surface area contributed by atoms with E-state index in [4.69, 9.17) is 0 Å². The van der Waals surface area contributed by atoms with Crippen molar-refractivity contribution in [1.29, 1.82) is 0 Å². The standard InChI is InChI=1S/C30H24S/c1-5-13-25(14-6-1)26-21-23-30(24-22-26)31(27-15-7-2-8-16-27,28-17-9-3-10-18-28)29-19-11-4-12-20-29/h1-24H. The molecule has 0 unspecified atom stereocenters. The molecule has 0 saturated carbocycles. The predicted octanol–water partition coefficient (Wildman–Crippen LogP) is 8.69. The third-order valence-corrected chi connectivity index (χ3v) is 9.52. The summed E-state index contributed by atoms with van der Waals surface area (Å²) in [4.78, 5) is 5.38. The van der Waals surface area contributed by atoms with Crippen LogP contribution in [0.1, 0.15) is 0 Å². The Hall–Kier alpha value is -3.55. The van der Waals surface area contributed by atoms with Crippen LogP contribution < -0.4 is 0 Å². The third kappa shape index (κ3) is 3.58. The topological polar surface area (TPSA) is 0 Å². The van der Waals surface area contributed by atoms with Crippen molar-refractivity contribution in [3.8, 4) is 11.1 Å². The fraction of sp³-hybridized carbons (Fsp3) is 0. The molecule has 0 N–H and O–H groups in total. The Morgan fingerprint density at radius 2 is 0.548 bits per heavy atom. The van der Waals surface area contributed by atoms with E-state index in [0.29, 0.717) is 0 Å².